The molecule has 0 aliphatic carbocycles. The van der Waals surface area contributed by atoms with E-state index in [9.17, 15) is 9.90 Å². The molecule has 2 heterocycles. The fraction of sp³-hybridized carbons (Fsp3) is 0.400. The van der Waals surface area contributed by atoms with E-state index < -0.39 is 6.10 Å². The standard InChI is InChI=1S/C20H26N4O3/c1-13-7-14(10-21)8-19(22-13)27-16-6-4-5-15(9-16)20(26)24-11-17(23(2)3)18(25)12-24/h4-9,17-18,25H,10-12,21H2,1-3H3. The van der Waals surface area contributed by atoms with E-state index in [4.69, 9.17) is 10.5 Å². The number of hydrogen-bond donors (Lipinski definition) is 2. The van der Waals surface area contributed by atoms with Crippen molar-refractivity contribution in [3.8, 4) is 11.6 Å². The quantitative estimate of drug-likeness (QED) is 0.826. The normalized spacial score (nSPS) is 19.6. The highest BCUT2D eigenvalue weighted by molar-refractivity contribution is 5.94. The zero-order valence-electron chi connectivity index (χ0n) is 15.9. The number of nitrogens with two attached hydrogens (primary N) is 1. The Hall–Kier alpha value is -2.48. The first-order chi connectivity index (χ1) is 12.9. The number of aromatic nitrogens is 1. The summed E-state index contributed by atoms with van der Waals surface area (Å²) in [5.74, 6) is 0.860. The lowest BCUT2D eigenvalue weighted by Gasteiger charge is -2.21. The van der Waals surface area contributed by atoms with Crippen molar-refractivity contribution in [1.29, 1.82) is 0 Å². The maximum atomic E-state index is 12.8. The molecule has 3 N–H and O–H groups in total. The van der Waals surface area contributed by atoms with Crippen LogP contribution in [-0.2, 0) is 6.54 Å². The summed E-state index contributed by atoms with van der Waals surface area (Å²) in [6, 6.07) is 10.7. The minimum absolute atomic E-state index is 0.0560. The maximum absolute atomic E-state index is 12.8. The second kappa shape index (κ2) is 8.04. The largest absolute Gasteiger partial charge is 0.439 e. The van der Waals surface area contributed by atoms with Crippen LogP contribution in [0, 0.1) is 6.92 Å². The van der Waals surface area contributed by atoms with Gasteiger partial charge in [-0.25, -0.2) is 4.98 Å². The van der Waals surface area contributed by atoms with Crippen LogP contribution in [0.2, 0.25) is 0 Å². The summed E-state index contributed by atoms with van der Waals surface area (Å²) in [7, 11) is 3.81. The van der Waals surface area contributed by atoms with Crippen LogP contribution in [-0.4, -0.2) is 65.1 Å². The van der Waals surface area contributed by atoms with Crippen LogP contribution in [0.5, 0.6) is 11.6 Å². The Labute approximate surface area is 159 Å². The summed E-state index contributed by atoms with van der Waals surface area (Å²) in [6.07, 6.45) is -0.547. The number of rotatable bonds is 5. The van der Waals surface area contributed by atoms with E-state index in [0.717, 1.165) is 11.3 Å². The SMILES string of the molecule is Cc1cc(CN)cc(Oc2cccc(C(=O)N3CC(O)C(N(C)C)C3)c2)n1. The number of pyridine rings is 1. The van der Waals surface area contributed by atoms with Gasteiger partial charge in [0, 0.05) is 37.0 Å². The second-order valence-corrected chi connectivity index (χ2v) is 7.10. The Morgan fingerprint density at radius 2 is 2.11 bits per heavy atom. The van der Waals surface area contributed by atoms with E-state index >= 15 is 0 Å². The van der Waals surface area contributed by atoms with Gasteiger partial charge < -0.3 is 25.4 Å². The molecule has 1 fully saturated rings. The molecule has 1 aromatic heterocycles. The Morgan fingerprint density at radius 3 is 2.78 bits per heavy atom. The predicted molar refractivity (Wildman–Crippen MR) is 103 cm³/mol. The zero-order valence-corrected chi connectivity index (χ0v) is 15.9. The van der Waals surface area contributed by atoms with Gasteiger partial charge >= 0.3 is 0 Å². The number of nitrogens with zero attached hydrogens (tertiary/aromatic N) is 3. The molecule has 3 rings (SSSR count). The highest BCUT2D eigenvalue weighted by atomic mass is 16.5. The van der Waals surface area contributed by atoms with Gasteiger partial charge in [0.15, 0.2) is 0 Å². The number of carbonyl (C=O) groups is 1. The number of aliphatic hydroxyl groups is 1. The first-order valence-electron chi connectivity index (χ1n) is 8.96. The molecule has 1 aliphatic rings. The average molecular weight is 370 g/mol. The lowest BCUT2D eigenvalue weighted by atomic mass is 10.2. The summed E-state index contributed by atoms with van der Waals surface area (Å²) >= 11 is 0. The van der Waals surface area contributed by atoms with Crippen molar-refractivity contribution >= 4 is 5.91 Å². The summed E-state index contributed by atoms with van der Waals surface area (Å²) in [6.45, 7) is 3.11. The molecule has 0 radical (unpaired) electrons. The molecule has 0 bridgehead atoms. The number of carbonyl (C=O) groups excluding carboxylic acids is 1. The lowest BCUT2D eigenvalue weighted by Crippen LogP contribution is -2.38. The van der Waals surface area contributed by atoms with E-state index in [2.05, 4.69) is 4.98 Å². The van der Waals surface area contributed by atoms with Crippen molar-refractivity contribution in [2.75, 3.05) is 27.2 Å². The molecule has 1 aliphatic heterocycles. The van der Waals surface area contributed by atoms with Crippen LogP contribution in [0.25, 0.3) is 0 Å². The summed E-state index contributed by atoms with van der Waals surface area (Å²) in [5, 5.41) is 10.2. The van der Waals surface area contributed by atoms with Crippen LogP contribution in [0.4, 0.5) is 0 Å². The van der Waals surface area contributed by atoms with Crippen LogP contribution < -0.4 is 10.5 Å². The highest BCUT2D eigenvalue weighted by Gasteiger charge is 2.35. The zero-order chi connectivity index (χ0) is 19.6. The number of likely N-dealkylation sites (N-methyl/N-ethyl adjacent to an activating group) is 1. The first kappa shape index (κ1) is 19.3. The summed E-state index contributed by atoms with van der Waals surface area (Å²) in [4.78, 5) is 20.8. The number of amides is 1. The molecule has 1 saturated heterocycles. The highest BCUT2D eigenvalue weighted by Crippen LogP contribution is 2.24. The third kappa shape index (κ3) is 4.44. The number of ether oxygens (including phenoxy) is 1. The van der Waals surface area contributed by atoms with Crippen LogP contribution in [0.15, 0.2) is 36.4 Å². The Kier molecular flexibility index (Phi) is 5.74. The number of aryl methyl sites for hydroxylation is 1. The van der Waals surface area contributed by atoms with E-state index in [1.165, 1.54) is 0 Å². The molecule has 2 aromatic rings. The summed E-state index contributed by atoms with van der Waals surface area (Å²) < 4.78 is 5.84. The molecule has 0 saturated carbocycles. The van der Waals surface area contributed by atoms with E-state index in [-0.39, 0.29) is 11.9 Å². The van der Waals surface area contributed by atoms with Gasteiger partial charge in [-0.3, -0.25) is 4.79 Å². The number of hydrogen-bond acceptors (Lipinski definition) is 6. The smallest absolute Gasteiger partial charge is 0.254 e. The number of benzene rings is 1. The van der Waals surface area contributed by atoms with Crippen molar-refractivity contribution in [3.63, 3.8) is 0 Å². The molecule has 2 unspecified atom stereocenters. The molecule has 27 heavy (non-hydrogen) atoms. The van der Waals surface area contributed by atoms with Crippen molar-refractivity contribution in [3.05, 3.63) is 53.2 Å². The topological polar surface area (TPSA) is 91.9 Å². The molecule has 2 atom stereocenters. The van der Waals surface area contributed by atoms with Gasteiger partial charge in [-0.05, 0) is 50.8 Å². The van der Waals surface area contributed by atoms with Gasteiger partial charge in [-0.2, -0.15) is 0 Å². The minimum atomic E-state index is -0.547. The molecule has 7 nitrogen and oxygen atoms in total. The Morgan fingerprint density at radius 1 is 1.33 bits per heavy atom. The van der Waals surface area contributed by atoms with Crippen molar-refractivity contribution in [2.45, 2.75) is 25.6 Å². The third-order valence-corrected chi connectivity index (χ3v) is 4.74. The van der Waals surface area contributed by atoms with Gasteiger partial charge in [-0.15, -0.1) is 0 Å². The van der Waals surface area contributed by atoms with E-state index in [1.807, 2.05) is 32.0 Å². The van der Waals surface area contributed by atoms with Crippen molar-refractivity contribution in [1.82, 2.24) is 14.8 Å². The minimum Gasteiger partial charge on any atom is -0.439 e. The monoisotopic (exact) mass is 370 g/mol. The van der Waals surface area contributed by atoms with Crippen LogP contribution in [0.1, 0.15) is 21.6 Å². The fourth-order valence-corrected chi connectivity index (χ4v) is 3.32. The molecule has 144 valence electrons. The lowest BCUT2D eigenvalue weighted by molar-refractivity contribution is 0.0763. The van der Waals surface area contributed by atoms with Gasteiger partial charge in [-0.1, -0.05) is 6.07 Å². The molecule has 0 spiro atoms. The Bertz CT molecular complexity index is 825. The predicted octanol–water partition coefficient (Wildman–Crippen LogP) is 1.39. The second-order valence-electron chi connectivity index (χ2n) is 7.10. The molecule has 1 aromatic carbocycles. The number of aliphatic hydroxyl groups excluding tert-OH is 1. The van der Waals surface area contributed by atoms with E-state index in [1.54, 1.807) is 35.2 Å². The average Bonchev–Trinajstić information content (AvgIpc) is 3.02. The molecular weight excluding hydrogens is 344 g/mol. The van der Waals surface area contributed by atoms with Gasteiger partial charge in [0.2, 0.25) is 5.88 Å². The Balaban J connectivity index is 1.76. The van der Waals surface area contributed by atoms with Crippen molar-refractivity contribution < 1.29 is 14.6 Å². The van der Waals surface area contributed by atoms with Crippen molar-refractivity contribution in [2.24, 2.45) is 5.73 Å². The number of β-amino-alcohol motifs (C(OH)–C–C–N with tert-alkyl or cyclic N) is 1. The third-order valence-electron chi connectivity index (χ3n) is 4.74. The molecule has 1 amide bonds. The number of likely N-dealkylation sites (tertiary alicyclic amines) is 1. The van der Waals surface area contributed by atoms with E-state index in [0.29, 0.717) is 36.8 Å². The molecular formula is C20H26N4O3. The van der Waals surface area contributed by atoms with Crippen LogP contribution in [0.3, 0.4) is 0 Å². The van der Waals surface area contributed by atoms with Gasteiger partial charge in [0.25, 0.3) is 5.91 Å². The summed E-state index contributed by atoms with van der Waals surface area (Å²) in [5.41, 5.74) is 7.98. The van der Waals surface area contributed by atoms with Gasteiger partial charge in [0.05, 0.1) is 12.1 Å². The first-order valence-corrected chi connectivity index (χ1v) is 8.96. The van der Waals surface area contributed by atoms with Crippen LogP contribution >= 0.6 is 0 Å². The fourth-order valence-electron chi connectivity index (χ4n) is 3.32. The maximum Gasteiger partial charge on any atom is 0.254 e. The molecule has 7 heteroatoms. The van der Waals surface area contributed by atoms with Gasteiger partial charge in [0.1, 0.15) is 5.75 Å².